The summed E-state index contributed by atoms with van der Waals surface area (Å²) in [5, 5.41) is 13.5. The fraction of sp³-hybridized carbons (Fsp3) is 0.533. The minimum atomic E-state index is -0.988. The van der Waals surface area contributed by atoms with Crippen molar-refractivity contribution in [2.24, 2.45) is 11.8 Å². The summed E-state index contributed by atoms with van der Waals surface area (Å²) in [4.78, 5) is 21.9. The molecule has 0 heterocycles. The van der Waals surface area contributed by atoms with Gasteiger partial charge in [0, 0.05) is 17.7 Å². The van der Waals surface area contributed by atoms with E-state index in [2.05, 4.69) is 19.2 Å². The lowest BCUT2D eigenvalue weighted by atomic mass is 9.80. The molecule has 1 aliphatic rings. The minimum absolute atomic E-state index is 0.0782. The number of benzene rings is 1. The highest BCUT2D eigenvalue weighted by molar-refractivity contribution is 5.94. The molecular weight excluding hydrogens is 275 g/mol. The molecule has 0 spiro atoms. The van der Waals surface area contributed by atoms with Crippen LogP contribution >= 0.6 is 0 Å². The Hall–Kier alpha value is -1.98. The van der Waals surface area contributed by atoms with Crippen molar-refractivity contribution in [2.45, 2.75) is 39.2 Å². The van der Waals surface area contributed by atoms with Gasteiger partial charge < -0.3 is 5.32 Å². The number of nitro benzene ring substituents is 1. The van der Waals surface area contributed by atoms with E-state index >= 15 is 0 Å². The second-order valence-corrected chi connectivity index (χ2v) is 6.01. The Balaban J connectivity index is 2.06. The fourth-order valence-corrected chi connectivity index (χ4v) is 3.13. The van der Waals surface area contributed by atoms with Gasteiger partial charge in [0.05, 0.1) is 4.92 Å². The van der Waals surface area contributed by atoms with E-state index in [1.807, 2.05) is 0 Å². The monoisotopic (exact) mass is 294 g/mol. The molecule has 114 valence electrons. The lowest BCUT2D eigenvalue weighted by Gasteiger charge is -2.31. The third-order valence-electron chi connectivity index (χ3n) is 3.92. The summed E-state index contributed by atoms with van der Waals surface area (Å²) in [7, 11) is 0. The number of nitrogens with one attached hydrogen (secondary N) is 1. The molecule has 0 aliphatic heterocycles. The maximum atomic E-state index is 13.5. The van der Waals surface area contributed by atoms with Crippen LogP contribution in [-0.2, 0) is 0 Å². The van der Waals surface area contributed by atoms with Crippen LogP contribution in [0.4, 0.5) is 10.1 Å². The van der Waals surface area contributed by atoms with E-state index in [0.717, 1.165) is 31.4 Å². The average molecular weight is 294 g/mol. The van der Waals surface area contributed by atoms with Crippen LogP contribution in [0.5, 0.6) is 0 Å². The zero-order chi connectivity index (χ0) is 15.6. The van der Waals surface area contributed by atoms with Crippen LogP contribution in [0.15, 0.2) is 18.2 Å². The first kappa shape index (κ1) is 15.4. The molecule has 2 rings (SSSR count). The van der Waals surface area contributed by atoms with Crippen molar-refractivity contribution in [3.8, 4) is 0 Å². The lowest BCUT2D eigenvalue weighted by molar-refractivity contribution is -0.387. The largest absolute Gasteiger partial charge is 0.349 e. The van der Waals surface area contributed by atoms with Crippen LogP contribution in [-0.4, -0.2) is 16.9 Å². The molecule has 2 unspecified atom stereocenters. The van der Waals surface area contributed by atoms with Crippen LogP contribution in [0.2, 0.25) is 0 Å². The highest BCUT2D eigenvalue weighted by Crippen LogP contribution is 2.28. The van der Waals surface area contributed by atoms with Crippen molar-refractivity contribution in [2.75, 3.05) is 0 Å². The van der Waals surface area contributed by atoms with E-state index in [1.165, 1.54) is 6.07 Å². The van der Waals surface area contributed by atoms with Gasteiger partial charge in [0.25, 0.3) is 5.91 Å². The summed E-state index contributed by atoms with van der Waals surface area (Å²) < 4.78 is 13.5. The number of carbonyl (C=O) groups excluding carboxylic acids is 1. The van der Waals surface area contributed by atoms with Crippen LogP contribution in [0.1, 0.15) is 43.5 Å². The van der Waals surface area contributed by atoms with Crippen molar-refractivity contribution in [1.29, 1.82) is 0 Å². The number of halogens is 1. The van der Waals surface area contributed by atoms with Gasteiger partial charge in [-0.25, -0.2) is 0 Å². The Morgan fingerprint density at radius 3 is 2.43 bits per heavy atom. The van der Waals surface area contributed by atoms with Crippen LogP contribution < -0.4 is 5.32 Å². The van der Waals surface area contributed by atoms with Gasteiger partial charge in [0.1, 0.15) is 0 Å². The number of hydrogen-bond acceptors (Lipinski definition) is 3. The minimum Gasteiger partial charge on any atom is -0.349 e. The maximum Gasteiger partial charge on any atom is 0.304 e. The highest BCUT2D eigenvalue weighted by Gasteiger charge is 2.26. The summed E-state index contributed by atoms with van der Waals surface area (Å²) in [5.74, 6) is -0.270. The summed E-state index contributed by atoms with van der Waals surface area (Å²) in [6.07, 6.45) is 2.97. The average Bonchev–Trinajstić information content (AvgIpc) is 2.36. The molecule has 0 radical (unpaired) electrons. The molecule has 0 aromatic heterocycles. The van der Waals surface area contributed by atoms with Crippen molar-refractivity contribution in [3.05, 3.63) is 39.7 Å². The van der Waals surface area contributed by atoms with Gasteiger partial charge in [-0.2, -0.15) is 4.39 Å². The summed E-state index contributed by atoms with van der Waals surface area (Å²) in [5.41, 5.74) is -0.504. The Morgan fingerprint density at radius 2 is 1.90 bits per heavy atom. The van der Waals surface area contributed by atoms with E-state index in [0.29, 0.717) is 11.8 Å². The van der Waals surface area contributed by atoms with E-state index < -0.39 is 16.4 Å². The van der Waals surface area contributed by atoms with Crippen molar-refractivity contribution in [1.82, 2.24) is 5.32 Å². The lowest BCUT2D eigenvalue weighted by Crippen LogP contribution is -2.40. The molecule has 2 atom stereocenters. The van der Waals surface area contributed by atoms with Crippen molar-refractivity contribution < 1.29 is 14.1 Å². The van der Waals surface area contributed by atoms with Crippen molar-refractivity contribution >= 4 is 11.6 Å². The third kappa shape index (κ3) is 3.77. The van der Waals surface area contributed by atoms with Gasteiger partial charge >= 0.3 is 5.69 Å². The van der Waals surface area contributed by atoms with Crippen LogP contribution in [0.3, 0.4) is 0 Å². The first-order chi connectivity index (χ1) is 9.86. The molecule has 1 fully saturated rings. The van der Waals surface area contributed by atoms with Crippen LogP contribution in [0, 0.1) is 27.8 Å². The number of rotatable bonds is 3. The van der Waals surface area contributed by atoms with Crippen molar-refractivity contribution in [3.63, 3.8) is 0 Å². The highest BCUT2D eigenvalue weighted by atomic mass is 19.1. The van der Waals surface area contributed by atoms with Gasteiger partial charge in [-0.05, 0) is 43.2 Å². The molecule has 1 aliphatic carbocycles. The van der Waals surface area contributed by atoms with E-state index in [1.54, 1.807) is 0 Å². The molecule has 21 heavy (non-hydrogen) atoms. The zero-order valence-electron chi connectivity index (χ0n) is 12.1. The molecule has 1 aromatic rings. The molecule has 1 aromatic carbocycles. The zero-order valence-corrected chi connectivity index (χ0v) is 12.1. The predicted octanol–water partition coefficient (Wildman–Crippen LogP) is 3.29. The second-order valence-electron chi connectivity index (χ2n) is 6.01. The van der Waals surface area contributed by atoms with E-state index in [9.17, 15) is 19.3 Å². The smallest absolute Gasteiger partial charge is 0.304 e. The predicted molar refractivity (Wildman–Crippen MR) is 76.5 cm³/mol. The first-order valence-electron chi connectivity index (χ1n) is 7.11. The Kier molecular flexibility index (Phi) is 4.55. The molecule has 0 saturated heterocycles. The topological polar surface area (TPSA) is 72.2 Å². The van der Waals surface area contributed by atoms with E-state index in [-0.39, 0.29) is 17.5 Å². The molecular formula is C15H19FN2O3. The number of hydrogen-bond donors (Lipinski definition) is 1. The number of carbonyl (C=O) groups is 1. The van der Waals surface area contributed by atoms with Gasteiger partial charge in [-0.1, -0.05) is 13.8 Å². The van der Waals surface area contributed by atoms with Crippen LogP contribution in [0.25, 0.3) is 0 Å². The summed E-state index contributed by atoms with van der Waals surface area (Å²) in [6, 6.07) is 3.31. The molecule has 0 bridgehead atoms. The molecule has 5 nitrogen and oxygen atoms in total. The van der Waals surface area contributed by atoms with Gasteiger partial charge in [-0.3, -0.25) is 14.9 Å². The SMILES string of the molecule is CC1CC(C)CC(NC(=O)c2ccc([N+](=O)[O-])c(F)c2)C1. The van der Waals surface area contributed by atoms with Gasteiger partial charge in [-0.15, -0.1) is 0 Å². The first-order valence-corrected chi connectivity index (χ1v) is 7.11. The molecule has 6 heteroatoms. The molecule has 1 amide bonds. The van der Waals surface area contributed by atoms with Gasteiger partial charge in [0.2, 0.25) is 5.82 Å². The third-order valence-corrected chi connectivity index (χ3v) is 3.92. The summed E-state index contributed by atoms with van der Waals surface area (Å²) in [6.45, 7) is 4.31. The van der Waals surface area contributed by atoms with E-state index in [4.69, 9.17) is 0 Å². The number of nitrogens with zero attached hydrogens (tertiary/aromatic N) is 1. The quantitative estimate of drug-likeness (QED) is 0.686. The van der Waals surface area contributed by atoms with Gasteiger partial charge in [0.15, 0.2) is 0 Å². The second kappa shape index (κ2) is 6.20. The fourth-order valence-electron chi connectivity index (χ4n) is 3.13. The normalized spacial score (nSPS) is 25.4. The Labute approximate surface area is 122 Å². The molecule has 1 N–H and O–H groups in total. The standard InChI is InChI=1S/C15H19FN2O3/c1-9-5-10(2)7-12(6-9)17-15(19)11-3-4-14(18(20)21)13(16)8-11/h3-4,8-10,12H,5-7H2,1-2H3,(H,17,19). The maximum absolute atomic E-state index is 13.5. The molecule has 1 saturated carbocycles. The Morgan fingerprint density at radius 1 is 1.29 bits per heavy atom. The number of amides is 1. The Bertz CT molecular complexity index is 552. The summed E-state index contributed by atoms with van der Waals surface area (Å²) >= 11 is 0. The number of nitro groups is 1.